The highest BCUT2D eigenvalue weighted by atomic mass is 35.5. The first kappa shape index (κ1) is 14.9. The summed E-state index contributed by atoms with van der Waals surface area (Å²) in [5, 5.41) is 0.745. The molecule has 0 aliphatic heterocycles. The van der Waals surface area contributed by atoms with E-state index in [-0.39, 0.29) is 6.04 Å². The van der Waals surface area contributed by atoms with Crippen LogP contribution in [0.2, 0.25) is 5.02 Å². The van der Waals surface area contributed by atoms with Crippen LogP contribution in [-0.4, -0.2) is 0 Å². The van der Waals surface area contributed by atoms with Gasteiger partial charge in [-0.05, 0) is 42.7 Å². The van der Waals surface area contributed by atoms with Crippen molar-refractivity contribution in [2.24, 2.45) is 5.73 Å². The lowest BCUT2D eigenvalue weighted by molar-refractivity contribution is 0.306. The fourth-order valence-corrected chi connectivity index (χ4v) is 2.27. The highest BCUT2D eigenvalue weighted by Crippen LogP contribution is 2.22. The number of nitrogens with two attached hydrogens (primary N) is 1. The molecule has 0 fully saturated rings. The van der Waals surface area contributed by atoms with Crippen LogP contribution in [0.3, 0.4) is 0 Å². The van der Waals surface area contributed by atoms with Crippen molar-refractivity contribution < 1.29 is 4.74 Å². The van der Waals surface area contributed by atoms with Gasteiger partial charge in [-0.25, -0.2) is 0 Å². The van der Waals surface area contributed by atoms with E-state index in [0.717, 1.165) is 33.9 Å². The molecule has 0 aliphatic rings. The summed E-state index contributed by atoms with van der Waals surface area (Å²) in [4.78, 5) is 0. The Morgan fingerprint density at radius 3 is 2.45 bits per heavy atom. The Kier molecular flexibility index (Phi) is 5.05. The highest BCUT2D eigenvalue weighted by molar-refractivity contribution is 6.31. The van der Waals surface area contributed by atoms with Crippen molar-refractivity contribution in [3.63, 3.8) is 0 Å². The van der Waals surface area contributed by atoms with E-state index < -0.39 is 0 Å². The SMILES string of the molecule is CC[C@H](N)c1ccc(OCc2ccc(C)cc2Cl)cc1. The topological polar surface area (TPSA) is 35.2 Å². The molecule has 0 amide bonds. The zero-order valence-corrected chi connectivity index (χ0v) is 12.7. The number of rotatable bonds is 5. The van der Waals surface area contributed by atoms with Gasteiger partial charge in [-0.3, -0.25) is 0 Å². The van der Waals surface area contributed by atoms with Gasteiger partial charge >= 0.3 is 0 Å². The van der Waals surface area contributed by atoms with Crippen molar-refractivity contribution in [1.29, 1.82) is 0 Å². The van der Waals surface area contributed by atoms with Gasteiger partial charge in [0.2, 0.25) is 0 Å². The Bertz CT molecular complexity index is 566. The second-order valence-electron chi connectivity index (χ2n) is 4.97. The maximum atomic E-state index is 6.18. The van der Waals surface area contributed by atoms with Crippen LogP contribution in [0.4, 0.5) is 0 Å². The lowest BCUT2D eigenvalue weighted by Crippen LogP contribution is -2.08. The summed E-state index contributed by atoms with van der Waals surface area (Å²) in [6, 6.07) is 14.0. The van der Waals surface area contributed by atoms with Crippen molar-refractivity contribution in [3.05, 3.63) is 64.2 Å². The van der Waals surface area contributed by atoms with Gasteiger partial charge in [0, 0.05) is 16.6 Å². The van der Waals surface area contributed by atoms with Gasteiger partial charge in [0.25, 0.3) is 0 Å². The Labute approximate surface area is 125 Å². The minimum absolute atomic E-state index is 0.0931. The van der Waals surface area contributed by atoms with E-state index in [9.17, 15) is 0 Å². The van der Waals surface area contributed by atoms with Crippen LogP contribution >= 0.6 is 11.6 Å². The fourth-order valence-electron chi connectivity index (χ4n) is 1.98. The summed E-state index contributed by atoms with van der Waals surface area (Å²) in [5.74, 6) is 0.827. The Balaban J connectivity index is 2.00. The molecule has 0 saturated carbocycles. The molecular weight excluding hydrogens is 270 g/mol. The number of hydrogen-bond acceptors (Lipinski definition) is 2. The van der Waals surface area contributed by atoms with Crippen molar-refractivity contribution in [1.82, 2.24) is 0 Å². The van der Waals surface area contributed by atoms with Gasteiger partial charge in [-0.15, -0.1) is 0 Å². The number of ether oxygens (including phenoxy) is 1. The first-order valence-electron chi connectivity index (χ1n) is 6.83. The number of benzene rings is 2. The molecule has 20 heavy (non-hydrogen) atoms. The quantitative estimate of drug-likeness (QED) is 0.870. The van der Waals surface area contributed by atoms with E-state index in [0.29, 0.717) is 6.61 Å². The average Bonchev–Trinajstić information content (AvgIpc) is 2.46. The molecule has 106 valence electrons. The molecule has 0 unspecified atom stereocenters. The lowest BCUT2D eigenvalue weighted by Gasteiger charge is -2.11. The Hall–Kier alpha value is -1.51. The normalized spacial score (nSPS) is 12.2. The first-order valence-corrected chi connectivity index (χ1v) is 7.21. The molecule has 0 radical (unpaired) electrons. The van der Waals surface area contributed by atoms with E-state index in [4.69, 9.17) is 22.1 Å². The van der Waals surface area contributed by atoms with Crippen molar-refractivity contribution in [2.45, 2.75) is 32.9 Å². The zero-order chi connectivity index (χ0) is 14.5. The third kappa shape index (κ3) is 3.75. The van der Waals surface area contributed by atoms with Crippen molar-refractivity contribution in [3.8, 4) is 5.75 Å². The van der Waals surface area contributed by atoms with Gasteiger partial charge in [0.05, 0.1) is 0 Å². The summed E-state index contributed by atoms with van der Waals surface area (Å²) in [5.41, 5.74) is 9.26. The number of hydrogen-bond donors (Lipinski definition) is 1. The molecule has 1 atom stereocenters. The molecule has 0 saturated heterocycles. The number of halogens is 1. The standard InChI is InChI=1S/C17H20ClNO/c1-3-17(19)13-6-8-15(9-7-13)20-11-14-5-4-12(2)10-16(14)18/h4-10,17H,3,11,19H2,1-2H3/t17-/m0/s1. The molecule has 2 aromatic carbocycles. The Morgan fingerprint density at radius 1 is 1.15 bits per heavy atom. The van der Waals surface area contributed by atoms with E-state index in [1.165, 1.54) is 0 Å². The lowest BCUT2D eigenvalue weighted by atomic mass is 10.1. The maximum absolute atomic E-state index is 6.18. The van der Waals surface area contributed by atoms with Gasteiger partial charge in [-0.1, -0.05) is 42.8 Å². The Morgan fingerprint density at radius 2 is 1.85 bits per heavy atom. The third-order valence-electron chi connectivity index (χ3n) is 3.35. The molecule has 2 N–H and O–H groups in total. The number of aryl methyl sites for hydroxylation is 1. The van der Waals surface area contributed by atoms with Gasteiger partial charge in [0.1, 0.15) is 12.4 Å². The van der Waals surface area contributed by atoms with E-state index in [2.05, 4.69) is 6.92 Å². The van der Waals surface area contributed by atoms with E-state index >= 15 is 0 Å². The smallest absolute Gasteiger partial charge is 0.119 e. The molecule has 0 bridgehead atoms. The van der Waals surface area contributed by atoms with Crippen LogP contribution in [0.15, 0.2) is 42.5 Å². The second-order valence-corrected chi connectivity index (χ2v) is 5.37. The first-order chi connectivity index (χ1) is 9.60. The monoisotopic (exact) mass is 289 g/mol. The summed E-state index contributed by atoms with van der Waals surface area (Å²) in [6.07, 6.45) is 0.930. The molecule has 2 nitrogen and oxygen atoms in total. The van der Waals surface area contributed by atoms with Crippen LogP contribution in [-0.2, 0) is 6.61 Å². The van der Waals surface area contributed by atoms with Gasteiger partial charge in [0.15, 0.2) is 0 Å². The zero-order valence-electron chi connectivity index (χ0n) is 11.9. The average molecular weight is 290 g/mol. The highest BCUT2D eigenvalue weighted by Gasteiger charge is 2.04. The van der Waals surface area contributed by atoms with Crippen LogP contribution in [0.5, 0.6) is 5.75 Å². The van der Waals surface area contributed by atoms with Crippen molar-refractivity contribution >= 4 is 11.6 Å². The maximum Gasteiger partial charge on any atom is 0.119 e. The molecule has 0 aromatic heterocycles. The van der Waals surface area contributed by atoms with Crippen LogP contribution in [0.25, 0.3) is 0 Å². The van der Waals surface area contributed by atoms with Gasteiger partial charge < -0.3 is 10.5 Å². The van der Waals surface area contributed by atoms with Crippen LogP contribution < -0.4 is 10.5 Å². The minimum atomic E-state index is 0.0931. The molecule has 3 heteroatoms. The summed E-state index contributed by atoms with van der Waals surface area (Å²) >= 11 is 6.18. The molecule has 2 rings (SSSR count). The van der Waals surface area contributed by atoms with Crippen molar-refractivity contribution in [2.75, 3.05) is 0 Å². The summed E-state index contributed by atoms with van der Waals surface area (Å²) < 4.78 is 5.76. The van der Waals surface area contributed by atoms with E-state index in [1.54, 1.807) is 0 Å². The third-order valence-corrected chi connectivity index (χ3v) is 3.70. The van der Waals surface area contributed by atoms with E-state index in [1.807, 2.05) is 49.4 Å². The molecular formula is C17H20ClNO. The molecule has 0 aliphatic carbocycles. The molecule has 0 heterocycles. The van der Waals surface area contributed by atoms with Gasteiger partial charge in [-0.2, -0.15) is 0 Å². The predicted octanol–water partition coefficient (Wildman–Crippen LogP) is 4.64. The predicted molar refractivity (Wildman–Crippen MR) is 84.2 cm³/mol. The molecule has 0 spiro atoms. The molecule has 2 aromatic rings. The summed E-state index contributed by atoms with van der Waals surface area (Å²) in [6.45, 7) is 4.57. The van der Waals surface area contributed by atoms with Crippen LogP contribution in [0, 0.1) is 6.92 Å². The minimum Gasteiger partial charge on any atom is -0.489 e. The largest absolute Gasteiger partial charge is 0.489 e. The fraction of sp³-hybridized carbons (Fsp3) is 0.294. The second kappa shape index (κ2) is 6.78. The van der Waals surface area contributed by atoms with Crippen LogP contribution in [0.1, 0.15) is 36.1 Å². The summed E-state index contributed by atoms with van der Waals surface area (Å²) in [7, 11) is 0.